The lowest BCUT2D eigenvalue weighted by Crippen LogP contribution is -2.12. The van der Waals surface area contributed by atoms with Crippen molar-refractivity contribution in [3.63, 3.8) is 0 Å². The standard InChI is InChI=1S/C66H34F3N7/c1-72-50-23-15-44(16-24-50)48-21-30-63-56(35-48)57-36-49(45-17-25-51(73-2)26-18-45)22-31-64(57)76(63)65-53(5-4-6-59(65)66(67,68)69)58-37-52(74-3)27-32-62(58)75-60-28-19-46(42-11-7-40(38-70)8-12-42)33-54(60)55-34-47(20-29-61(55)75)43-13-9-41(39-71)10-14-43/h4-37H. The van der Waals surface area contributed by atoms with E-state index in [-0.39, 0.29) is 16.9 Å². The maximum Gasteiger partial charge on any atom is 0.418 e. The van der Waals surface area contributed by atoms with E-state index >= 15 is 13.2 Å². The Hall–Kier alpha value is -11.0. The van der Waals surface area contributed by atoms with E-state index in [2.05, 4.69) is 38.8 Å². The summed E-state index contributed by atoms with van der Waals surface area (Å²) in [6.45, 7) is 23.2. The molecule has 0 bridgehead atoms. The number of fused-ring (bicyclic) bond motifs is 6. The molecule has 10 aromatic carbocycles. The highest BCUT2D eigenvalue weighted by atomic mass is 19.4. The van der Waals surface area contributed by atoms with Crippen LogP contribution >= 0.6 is 0 Å². The van der Waals surface area contributed by atoms with Crippen molar-refractivity contribution in [3.05, 3.63) is 257 Å². The van der Waals surface area contributed by atoms with Crippen LogP contribution in [0.5, 0.6) is 0 Å². The van der Waals surface area contributed by atoms with Crippen LogP contribution in [-0.4, -0.2) is 9.13 Å². The number of hydrogen-bond donors (Lipinski definition) is 0. The zero-order valence-electron chi connectivity index (χ0n) is 39.9. The van der Waals surface area contributed by atoms with Gasteiger partial charge in [0.1, 0.15) is 0 Å². The van der Waals surface area contributed by atoms with Crippen LogP contribution in [0.3, 0.4) is 0 Å². The third-order valence-corrected chi connectivity index (χ3v) is 14.1. The smallest absolute Gasteiger partial charge is 0.309 e. The number of rotatable bonds is 7. The number of benzene rings is 10. The van der Waals surface area contributed by atoms with Crippen molar-refractivity contribution in [2.24, 2.45) is 0 Å². The SMILES string of the molecule is [C-]#[N+]c1ccc(-c2ccc3c(c2)c2cc(-c4ccc([N+]#[C-])cc4)ccc2n3-c2c(-c3cc([N+]#[C-])ccc3-n3c4ccc(-c5ccc(C#N)cc5)cc4c4cc(-c5ccc(C#N)cc5)ccc43)cccc2C(F)(F)F)cc1. The average Bonchev–Trinajstić information content (AvgIpc) is 4.14. The van der Waals surface area contributed by atoms with E-state index in [9.17, 15) is 10.5 Å². The van der Waals surface area contributed by atoms with Gasteiger partial charge in [0.2, 0.25) is 0 Å². The Kier molecular flexibility index (Phi) is 11.1. The number of alkyl halides is 3. The van der Waals surface area contributed by atoms with Gasteiger partial charge >= 0.3 is 6.18 Å². The summed E-state index contributed by atoms with van der Waals surface area (Å²) in [6, 6.07) is 66.3. The van der Waals surface area contributed by atoms with Crippen LogP contribution < -0.4 is 0 Å². The van der Waals surface area contributed by atoms with E-state index in [1.807, 2.05) is 114 Å². The fourth-order valence-corrected chi connectivity index (χ4v) is 10.4. The predicted molar refractivity (Wildman–Crippen MR) is 296 cm³/mol. The Labute approximate surface area is 434 Å². The highest BCUT2D eigenvalue weighted by molar-refractivity contribution is 6.14. The first-order valence-electron chi connectivity index (χ1n) is 23.9. The minimum Gasteiger partial charge on any atom is -0.309 e. The molecule has 0 fully saturated rings. The summed E-state index contributed by atoms with van der Waals surface area (Å²) < 4.78 is 51.9. The van der Waals surface area contributed by atoms with Gasteiger partial charge in [-0.05, 0) is 141 Å². The molecule has 0 saturated carbocycles. The zero-order valence-corrected chi connectivity index (χ0v) is 39.9. The molecule has 0 saturated heterocycles. The molecule has 354 valence electrons. The molecule has 0 aliphatic heterocycles. The van der Waals surface area contributed by atoms with Crippen molar-refractivity contribution in [1.29, 1.82) is 10.5 Å². The van der Waals surface area contributed by atoms with Gasteiger partial charge in [-0.15, -0.1) is 0 Å². The lowest BCUT2D eigenvalue weighted by atomic mass is 9.96. The van der Waals surface area contributed by atoms with E-state index in [1.54, 1.807) is 77.4 Å². The molecule has 0 amide bonds. The first kappa shape index (κ1) is 46.1. The normalized spacial score (nSPS) is 11.3. The van der Waals surface area contributed by atoms with Crippen molar-refractivity contribution in [1.82, 2.24) is 9.13 Å². The summed E-state index contributed by atoms with van der Waals surface area (Å²) in [7, 11) is 0. The summed E-state index contributed by atoms with van der Waals surface area (Å²) in [4.78, 5) is 10.9. The Morgan fingerprint density at radius 1 is 0.368 bits per heavy atom. The van der Waals surface area contributed by atoms with Crippen molar-refractivity contribution in [2.45, 2.75) is 6.18 Å². The van der Waals surface area contributed by atoms with Gasteiger partial charge in [0.05, 0.1) is 82.0 Å². The van der Waals surface area contributed by atoms with Crippen LogP contribution in [0.1, 0.15) is 16.7 Å². The molecule has 12 rings (SSSR count). The van der Waals surface area contributed by atoms with Crippen LogP contribution in [0.4, 0.5) is 30.2 Å². The number of para-hydroxylation sites is 1. The monoisotopic (exact) mass is 981 g/mol. The van der Waals surface area contributed by atoms with Gasteiger partial charge in [-0.25, -0.2) is 14.5 Å². The fraction of sp³-hybridized carbons (Fsp3) is 0.0152. The van der Waals surface area contributed by atoms with Gasteiger partial charge in [0.15, 0.2) is 17.1 Å². The molecule has 0 atom stereocenters. The molecule has 0 N–H and O–H groups in total. The number of hydrogen-bond acceptors (Lipinski definition) is 2. The van der Waals surface area contributed by atoms with Crippen molar-refractivity contribution < 1.29 is 13.2 Å². The summed E-state index contributed by atoms with van der Waals surface area (Å²) in [5, 5.41) is 22.2. The highest BCUT2D eigenvalue weighted by Crippen LogP contribution is 2.48. The number of halogens is 3. The Balaban J connectivity index is 1.14. The molecule has 0 aliphatic rings. The molecule has 0 aliphatic carbocycles. The summed E-state index contributed by atoms with van der Waals surface area (Å²) in [5.74, 6) is 0. The van der Waals surface area contributed by atoms with Crippen molar-refractivity contribution >= 4 is 60.7 Å². The predicted octanol–water partition coefficient (Wildman–Crippen LogP) is 18.6. The average molecular weight is 982 g/mol. The molecule has 0 radical (unpaired) electrons. The highest BCUT2D eigenvalue weighted by Gasteiger charge is 2.37. The van der Waals surface area contributed by atoms with Crippen LogP contribution in [0.25, 0.3) is 125 Å². The van der Waals surface area contributed by atoms with Crippen LogP contribution in [0, 0.1) is 42.4 Å². The van der Waals surface area contributed by atoms with Gasteiger partial charge in [0.25, 0.3) is 0 Å². The van der Waals surface area contributed by atoms with E-state index in [4.69, 9.17) is 19.7 Å². The summed E-state index contributed by atoms with van der Waals surface area (Å²) in [6.07, 6.45) is -4.84. The fourth-order valence-electron chi connectivity index (χ4n) is 10.4. The first-order chi connectivity index (χ1) is 37.0. The molecule has 0 unspecified atom stereocenters. The molecule has 0 spiro atoms. The topological polar surface area (TPSA) is 70.5 Å². The lowest BCUT2D eigenvalue weighted by Gasteiger charge is -2.22. The molecule has 10 heteroatoms. The second-order valence-electron chi connectivity index (χ2n) is 18.3. The molecule has 7 nitrogen and oxygen atoms in total. The molecule has 2 aromatic heterocycles. The summed E-state index contributed by atoms with van der Waals surface area (Å²) in [5.41, 5.74) is 11.8. The molecular weight excluding hydrogens is 948 g/mol. The van der Waals surface area contributed by atoms with Gasteiger partial charge < -0.3 is 9.13 Å². The molecule has 12 aromatic rings. The quantitative estimate of drug-likeness (QED) is 0.149. The van der Waals surface area contributed by atoms with Crippen LogP contribution in [0.2, 0.25) is 0 Å². The Morgan fingerprint density at radius 2 is 0.724 bits per heavy atom. The maximum absolute atomic E-state index is 16.1. The zero-order chi connectivity index (χ0) is 52.2. The van der Waals surface area contributed by atoms with E-state index < -0.39 is 11.7 Å². The summed E-state index contributed by atoms with van der Waals surface area (Å²) >= 11 is 0. The van der Waals surface area contributed by atoms with Crippen molar-refractivity contribution in [3.8, 4) is 79.1 Å². The Bertz CT molecular complexity index is 4360. The van der Waals surface area contributed by atoms with E-state index in [0.29, 0.717) is 55.6 Å². The van der Waals surface area contributed by atoms with Gasteiger partial charge in [0, 0.05) is 27.1 Å². The van der Waals surface area contributed by atoms with Crippen molar-refractivity contribution in [2.75, 3.05) is 0 Å². The Morgan fingerprint density at radius 3 is 1.09 bits per heavy atom. The van der Waals surface area contributed by atoms with Crippen LogP contribution in [-0.2, 0) is 6.18 Å². The lowest BCUT2D eigenvalue weighted by molar-refractivity contribution is -0.137. The van der Waals surface area contributed by atoms with E-state index in [1.165, 1.54) is 6.07 Å². The third kappa shape index (κ3) is 7.83. The second kappa shape index (κ2) is 18.3. The number of nitrogens with zero attached hydrogens (tertiary/aromatic N) is 7. The third-order valence-electron chi connectivity index (χ3n) is 14.1. The second-order valence-corrected chi connectivity index (χ2v) is 18.3. The largest absolute Gasteiger partial charge is 0.418 e. The number of nitriles is 2. The minimum absolute atomic E-state index is 0.117. The number of aromatic nitrogens is 2. The van der Waals surface area contributed by atoms with Gasteiger partial charge in [-0.1, -0.05) is 115 Å². The van der Waals surface area contributed by atoms with Gasteiger partial charge in [-0.3, -0.25) is 0 Å². The molecule has 2 heterocycles. The van der Waals surface area contributed by atoms with Gasteiger partial charge in [-0.2, -0.15) is 23.7 Å². The maximum atomic E-state index is 16.1. The molecular formula is C66H34F3N7. The first-order valence-corrected chi connectivity index (χ1v) is 23.9. The minimum atomic E-state index is -4.84. The molecule has 76 heavy (non-hydrogen) atoms. The van der Waals surface area contributed by atoms with Crippen LogP contribution in [0.15, 0.2) is 206 Å². The van der Waals surface area contributed by atoms with E-state index in [0.717, 1.165) is 72.4 Å².